The van der Waals surface area contributed by atoms with E-state index in [4.69, 9.17) is 28.8 Å². The van der Waals surface area contributed by atoms with Crippen LogP contribution in [0, 0.1) is 0 Å². The van der Waals surface area contributed by atoms with Gasteiger partial charge in [-0.05, 0) is 5.56 Å². The van der Waals surface area contributed by atoms with Gasteiger partial charge < -0.3 is 39.4 Å². The molecule has 0 aliphatic carbocycles. The number of rotatable bonds is 18. The number of amides is 2. The highest BCUT2D eigenvalue weighted by Crippen LogP contribution is 2.00. The summed E-state index contributed by atoms with van der Waals surface area (Å²) in [4.78, 5) is 33.3. The molecule has 0 fully saturated rings. The molecule has 0 unspecified atom stereocenters. The lowest BCUT2D eigenvalue weighted by Crippen LogP contribution is -2.31. The second-order valence-corrected chi connectivity index (χ2v) is 6.06. The van der Waals surface area contributed by atoms with Gasteiger partial charge in [-0.25, -0.2) is 9.59 Å². The molecule has 1 aromatic carbocycles. The molecule has 0 spiro atoms. The lowest BCUT2D eigenvalue weighted by Gasteiger charge is -2.09. The van der Waals surface area contributed by atoms with Gasteiger partial charge in [0.2, 0.25) is 5.91 Å². The summed E-state index contributed by atoms with van der Waals surface area (Å²) in [5.41, 5.74) is 0.908. The van der Waals surface area contributed by atoms with Crippen molar-refractivity contribution >= 4 is 18.0 Å². The summed E-state index contributed by atoms with van der Waals surface area (Å²) >= 11 is 0. The first kappa shape index (κ1) is 26.3. The highest BCUT2D eigenvalue weighted by molar-refractivity contribution is 5.77. The van der Waals surface area contributed by atoms with Gasteiger partial charge in [0.15, 0.2) is 0 Å². The number of aliphatic carboxylic acids is 1. The van der Waals surface area contributed by atoms with Gasteiger partial charge in [-0.15, -0.1) is 0 Å². The van der Waals surface area contributed by atoms with Crippen LogP contribution in [0.2, 0.25) is 0 Å². The number of hydrogen-bond donors (Lipinski definition) is 3. The Morgan fingerprint density at radius 3 is 1.97 bits per heavy atom. The van der Waals surface area contributed by atoms with Gasteiger partial charge in [-0.1, -0.05) is 30.3 Å². The highest BCUT2D eigenvalue weighted by atomic mass is 16.6. The number of hydrogen-bond acceptors (Lipinski definition) is 8. The van der Waals surface area contributed by atoms with Gasteiger partial charge in [-0.3, -0.25) is 4.79 Å². The molecule has 2 amide bonds. The zero-order valence-corrected chi connectivity index (χ0v) is 17.4. The molecule has 1 rings (SSSR count). The van der Waals surface area contributed by atoms with Crippen molar-refractivity contribution in [3.05, 3.63) is 35.9 Å². The van der Waals surface area contributed by atoms with Crippen LogP contribution < -0.4 is 10.6 Å². The van der Waals surface area contributed by atoms with E-state index in [-0.39, 0.29) is 58.8 Å². The molecule has 0 radical (unpaired) electrons. The predicted molar refractivity (Wildman–Crippen MR) is 109 cm³/mol. The molecule has 0 aliphatic heterocycles. The fraction of sp³-hybridized carbons (Fsp3) is 0.550. The van der Waals surface area contributed by atoms with Crippen molar-refractivity contribution in [2.75, 3.05) is 65.9 Å². The standard InChI is InChI=1S/C20H30N2O9/c23-18(21-6-8-27-11-13-30-16-19(24)25)15-29-12-10-28-9-7-22-20(26)31-14-17-4-2-1-3-5-17/h1-5H,6-16H2,(H,21,23)(H,22,26)(H,24,25). The highest BCUT2D eigenvalue weighted by Gasteiger charge is 2.03. The SMILES string of the molecule is O=C(O)COCCOCCNC(=O)COCCOCCNC(=O)OCc1ccccc1. The Hall–Kier alpha value is -2.73. The predicted octanol–water partition coefficient (Wildman–Crippen LogP) is 0.180. The van der Waals surface area contributed by atoms with Gasteiger partial charge in [0, 0.05) is 13.1 Å². The van der Waals surface area contributed by atoms with E-state index >= 15 is 0 Å². The van der Waals surface area contributed by atoms with Crippen LogP contribution in [0.15, 0.2) is 30.3 Å². The topological polar surface area (TPSA) is 142 Å². The smallest absolute Gasteiger partial charge is 0.407 e. The summed E-state index contributed by atoms with van der Waals surface area (Å²) in [5.74, 6) is -1.32. The van der Waals surface area contributed by atoms with Gasteiger partial charge in [0.1, 0.15) is 19.8 Å². The molecule has 3 N–H and O–H groups in total. The number of ether oxygens (including phenoxy) is 5. The second kappa shape index (κ2) is 18.1. The van der Waals surface area contributed by atoms with Crippen molar-refractivity contribution in [1.82, 2.24) is 10.6 Å². The fourth-order valence-corrected chi connectivity index (χ4v) is 2.08. The zero-order valence-electron chi connectivity index (χ0n) is 17.4. The maximum atomic E-state index is 11.5. The number of alkyl carbamates (subject to hydrolysis) is 1. The van der Waals surface area contributed by atoms with Crippen LogP contribution in [0.1, 0.15) is 5.56 Å². The third kappa shape index (κ3) is 16.7. The molecular weight excluding hydrogens is 412 g/mol. The lowest BCUT2D eigenvalue weighted by atomic mass is 10.2. The molecule has 0 saturated carbocycles. The number of carbonyl (C=O) groups is 3. The normalized spacial score (nSPS) is 10.5. The van der Waals surface area contributed by atoms with Gasteiger partial charge >= 0.3 is 12.1 Å². The van der Waals surface area contributed by atoms with E-state index in [1.807, 2.05) is 30.3 Å². The Balaban J connectivity index is 1.82. The molecule has 0 aromatic heterocycles. The molecule has 31 heavy (non-hydrogen) atoms. The zero-order chi connectivity index (χ0) is 22.6. The Kier molecular flexibility index (Phi) is 15.3. The first-order chi connectivity index (χ1) is 15.1. The quantitative estimate of drug-likeness (QED) is 0.271. The minimum absolute atomic E-state index is 0.102. The summed E-state index contributed by atoms with van der Waals surface area (Å²) in [7, 11) is 0. The Morgan fingerprint density at radius 2 is 1.32 bits per heavy atom. The van der Waals surface area contributed by atoms with Gasteiger partial charge in [-0.2, -0.15) is 0 Å². The van der Waals surface area contributed by atoms with Crippen molar-refractivity contribution in [1.29, 1.82) is 0 Å². The molecule has 174 valence electrons. The van der Waals surface area contributed by atoms with Crippen LogP contribution in [0.5, 0.6) is 0 Å². The summed E-state index contributed by atoms with van der Waals surface area (Å²) in [5, 5.41) is 13.6. The van der Waals surface area contributed by atoms with E-state index < -0.39 is 12.1 Å². The molecular formula is C20H30N2O9. The third-order valence-corrected chi connectivity index (χ3v) is 3.50. The molecule has 11 nitrogen and oxygen atoms in total. The van der Waals surface area contributed by atoms with Crippen LogP contribution in [0.4, 0.5) is 4.79 Å². The first-order valence-corrected chi connectivity index (χ1v) is 9.82. The Bertz CT molecular complexity index is 628. The van der Waals surface area contributed by atoms with Crippen LogP contribution in [0.25, 0.3) is 0 Å². The van der Waals surface area contributed by atoms with Crippen molar-refractivity contribution in [2.24, 2.45) is 0 Å². The molecule has 0 atom stereocenters. The summed E-state index contributed by atoms with van der Waals surface area (Å²) in [6.07, 6.45) is -0.517. The van der Waals surface area contributed by atoms with Crippen molar-refractivity contribution in [3.63, 3.8) is 0 Å². The number of carboxylic acids is 1. The molecule has 0 aliphatic rings. The lowest BCUT2D eigenvalue weighted by molar-refractivity contribution is -0.142. The maximum absolute atomic E-state index is 11.5. The van der Waals surface area contributed by atoms with E-state index in [0.29, 0.717) is 19.7 Å². The number of carbonyl (C=O) groups excluding carboxylic acids is 2. The molecule has 0 saturated heterocycles. The van der Waals surface area contributed by atoms with Gasteiger partial charge in [0.25, 0.3) is 0 Å². The molecule has 0 heterocycles. The second-order valence-electron chi connectivity index (χ2n) is 6.06. The van der Waals surface area contributed by atoms with E-state index in [1.165, 1.54) is 0 Å². The maximum Gasteiger partial charge on any atom is 0.407 e. The summed E-state index contributed by atoms with van der Waals surface area (Å²) in [6.45, 7) is 1.88. The largest absolute Gasteiger partial charge is 0.480 e. The Morgan fingerprint density at radius 1 is 0.742 bits per heavy atom. The molecule has 1 aromatic rings. The van der Waals surface area contributed by atoms with E-state index in [0.717, 1.165) is 5.56 Å². The van der Waals surface area contributed by atoms with Crippen molar-refractivity contribution < 1.29 is 43.2 Å². The minimum atomic E-state index is -1.03. The fourth-order valence-electron chi connectivity index (χ4n) is 2.08. The first-order valence-electron chi connectivity index (χ1n) is 9.82. The van der Waals surface area contributed by atoms with Crippen LogP contribution in [-0.4, -0.2) is 89.0 Å². The third-order valence-electron chi connectivity index (χ3n) is 3.50. The van der Waals surface area contributed by atoms with E-state index in [2.05, 4.69) is 10.6 Å². The van der Waals surface area contributed by atoms with Crippen molar-refractivity contribution in [3.8, 4) is 0 Å². The van der Waals surface area contributed by atoms with Crippen molar-refractivity contribution in [2.45, 2.75) is 6.61 Å². The van der Waals surface area contributed by atoms with E-state index in [9.17, 15) is 14.4 Å². The summed E-state index contributed by atoms with van der Waals surface area (Å²) < 4.78 is 25.5. The number of benzene rings is 1. The average Bonchev–Trinajstić information content (AvgIpc) is 2.76. The average molecular weight is 442 g/mol. The van der Waals surface area contributed by atoms with Crippen LogP contribution in [-0.2, 0) is 39.9 Å². The summed E-state index contributed by atoms with van der Waals surface area (Å²) in [6, 6.07) is 9.37. The Labute approximate surface area is 180 Å². The molecule has 0 bridgehead atoms. The van der Waals surface area contributed by atoms with Crippen LogP contribution in [0.3, 0.4) is 0 Å². The monoisotopic (exact) mass is 442 g/mol. The van der Waals surface area contributed by atoms with Crippen LogP contribution >= 0.6 is 0 Å². The number of carboxylic acid groups (broad SMARTS) is 1. The van der Waals surface area contributed by atoms with Gasteiger partial charge in [0.05, 0.1) is 39.6 Å². The minimum Gasteiger partial charge on any atom is -0.480 e. The molecule has 11 heteroatoms. The van der Waals surface area contributed by atoms with E-state index in [1.54, 1.807) is 0 Å². The number of nitrogens with one attached hydrogen (secondary N) is 2.